The summed E-state index contributed by atoms with van der Waals surface area (Å²) in [4.78, 5) is 13.8. The molecule has 1 aliphatic rings. The highest BCUT2D eigenvalue weighted by Crippen LogP contribution is 2.22. The van der Waals surface area contributed by atoms with E-state index in [0.29, 0.717) is 13.0 Å². The molecule has 1 aromatic rings. The lowest BCUT2D eigenvalue weighted by molar-refractivity contribution is -0.121. The molecule has 1 saturated heterocycles. The fraction of sp³-hybridized carbons (Fsp3) is 0.462. The van der Waals surface area contributed by atoms with Gasteiger partial charge in [-0.05, 0) is 30.7 Å². The third-order valence-corrected chi connectivity index (χ3v) is 3.65. The Bertz CT molecular complexity index is 413. The van der Waals surface area contributed by atoms with Gasteiger partial charge in [0.25, 0.3) is 0 Å². The largest absolute Gasteiger partial charge is 0.369 e. The van der Waals surface area contributed by atoms with Crippen LogP contribution in [-0.4, -0.2) is 31.6 Å². The highest BCUT2D eigenvalue weighted by Gasteiger charge is 2.23. The van der Waals surface area contributed by atoms with Gasteiger partial charge in [0.1, 0.15) is 0 Å². The standard InChI is InChI=1S/C13H18BrN3O.ClH/c14-10-1-3-12(4-2-10)17-8-6-11(9-17)16-13(18)5-7-15;/h1-4,11H,5-9,15H2,(H,16,18);1H. The molecule has 0 radical (unpaired) electrons. The number of anilines is 1. The van der Waals surface area contributed by atoms with Crippen LogP contribution in [-0.2, 0) is 4.79 Å². The maximum Gasteiger partial charge on any atom is 0.221 e. The van der Waals surface area contributed by atoms with E-state index in [1.54, 1.807) is 0 Å². The molecule has 0 bridgehead atoms. The van der Waals surface area contributed by atoms with Crippen molar-refractivity contribution in [1.82, 2.24) is 5.32 Å². The molecule has 4 nitrogen and oxygen atoms in total. The predicted octanol–water partition coefficient (Wildman–Crippen LogP) is 1.91. The minimum atomic E-state index is 0. The third-order valence-electron chi connectivity index (χ3n) is 3.12. The zero-order valence-electron chi connectivity index (χ0n) is 10.6. The second kappa shape index (κ2) is 7.72. The summed E-state index contributed by atoms with van der Waals surface area (Å²) >= 11 is 3.43. The van der Waals surface area contributed by atoms with Crippen LogP contribution in [0.4, 0.5) is 5.69 Å². The van der Waals surface area contributed by atoms with Crippen molar-refractivity contribution >= 4 is 39.9 Å². The topological polar surface area (TPSA) is 58.4 Å². The van der Waals surface area contributed by atoms with Gasteiger partial charge < -0.3 is 16.0 Å². The number of amides is 1. The van der Waals surface area contributed by atoms with E-state index >= 15 is 0 Å². The Morgan fingerprint density at radius 3 is 2.74 bits per heavy atom. The second-order valence-electron chi connectivity index (χ2n) is 4.51. The predicted molar refractivity (Wildman–Crippen MR) is 83.8 cm³/mol. The van der Waals surface area contributed by atoms with Gasteiger partial charge in [0.15, 0.2) is 0 Å². The van der Waals surface area contributed by atoms with E-state index in [-0.39, 0.29) is 24.4 Å². The molecular weight excluding hydrogens is 330 g/mol. The van der Waals surface area contributed by atoms with E-state index in [9.17, 15) is 4.79 Å². The molecule has 106 valence electrons. The first-order valence-corrected chi connectivity index (χ1v) is 6.98. The van der Waals surface area contributed by atoms with Crippen LogP contribution >= 0.6 is 28.3 Å². The highest BCUT2D eigenvalue weighted by atomic mass is 79.9. The Kier molecular flexibility index (Phi) is 6.62. The number of rotatable bonds is 4. The van der Waals surface area contributed by atoms with Crippen molar-refractivity contribution in [2.24, 2.45) is 5.73 Å². The van der Waals surface area contributed by atoms with E-state index in [1.165, 1.54) is 5.69 Å². The first-order valence-electron chi connectivity index (χ1n) is 6.19. The molecule has 1 heterocycles. The van der Waals surface area contributed by atoms with Gasteiger partial charge in [-0.25, -0.2) is 0 Å². The van der Waals surface area contributed by atoms with Crippen molar-refractivity contribution in [3.05, 3.63) is 28.7 Å². The lowest BCUT2D eigenvalue weighted by atomic mass is 10.2. The summed E-state index contributed by atoms with van der Waals surface area (Å²) in [5, 5.41) is 3.02. The van der Waals surface area contributed by atoms with Crippen LogP contribution in [0.3, 0.4) is 0 Å². The minimum Gasteiger partial charge on any atom is -0.369 e. The number of hydrogen-bond acceptors (Lipinski definition) is 3. The maximum absolute atomic E-state index is 11.5. The number of benzene rings is 1. The van der Waals surface area contributed by atoms with Crippen molar-refractivity contribution < 1.29 is 4.79 Å². The van der Waals surface area contributed by atoms with E-state index in [1.807, 2.05) is 12.1 Å². The van der Waals surface area contributed by atoms with Crippen molar-refractivity contribution in [2.45, 2.75) is 18.9 Å². The fourth-order valence-corrected chi connectivity index (χ4v) is 2.46. The SMILES string of the molecule is Cl.NCCC(=O)NC1CCN(c2ccc(Br)cc2)C1. The summed E-state index contributed by atoms with van der Waals surface area (Å²) in [5.41, 5.74) is 6.56. The molecule has 1 aromatic carbocycles. The van der Waals surface area contributed by atoms with Gasteiger partial charge in [0, 0.05) is 42.3 Å². The number of nitrogens with zero attached hydrogens (tertiary/aromatic N) is 1. The van der Waals surface area contributed by atoms with Crippen LogP contribution in [0.15, 0.2) is 28.7 Å². The van der Waals surface area contributed by atoms with Crippen LogP contribution in [0, 0.1) is 0 Å². The summed E-state index contributed by atoms with van der Waals surface area (Å²) in [6.45, 7) is 2.27. The van der Waals surface area contributed by atoms with Crippen LogP contribution in [0.5, 0.6) is 0 Å². The maximum atomic E-state index is 11.5. The molecule has 19 heavy (non-hydrogen) atoms. The molecule has 1 unspecified atom stereocenters. The molecule has 2 rings (SSSR count). The summed E-state index contributed by atoms with van der Waals surface area (Å²) < 4.78 is 1.08. The zero-order valence-corrected chi connectivity index (χ0v) is 13.0. The molecule has 1 atom stereocenters. The Balaban J connectivity index is 0.00000180. The van der Waals surface area contributed by atoms with Gasteiger partial charge in [-0.2, -0.15) is 0 Å². The first kappa shape index (κ1) is 16.3. The van der Waals surface area contributed by atoms with Gasteiger partial charge in [0.2, 0.25) is 5.91 Å². The average Bonchev–Trinajstić information content (AvgIpc) is 2.78. The highest BCUT2D eigenvalue weighted by molar-refractivity contribution is 9.10. The Morgan fingerprint density at radius 1 is 1.42 bits per heavy atom. The van der Waals surface area contributed by atoms with Gasteiger partial charge >= 0.3 is 0 Å². The Hall–Kier alpha value is -0.780. The van der Waals surface area contributed by atoms with Gasteiger partial charge in [-0.1, -0.05) is 15.9 Å². The number of carbonyl (C=O) groups excluding carboxylic acids is 1. The summed E-state index contributed by atoms with van der Waals surface area (Å²) in [7, 11) is 0. The minimum absolute atomic E-state index is 0. The Morgan fingerprint density at radius 2 is 2.11 bits per heavy atom. The van der Waals surface area contributed by atoms with E-state index in [4.69, 9.17) is 5.73 Å². The normalized spacial score (nSPS) is 18.0. The van der Waals surface area contributed by atoms with Crippen molar-refractivity contribution in [2.75, 3.05) is 24.5 Å². The summed E-state index contributed by atoms with van der Waals surface area (Å²) in [5.74, 6) is 0.0557. The zero-order chi connectivity index (χ0) is 13.0. The summed E-state index contributed by atoms with van der Waals surface area (Å²) in [6.07, 6.45) is 1.40. The number of halogens is 2. The van der Waals surface area contributed by atoms with Crippen LogP contribution in [0.1, 0.15) is 12.8 Å². The molecule has 6 heteroatoms. The number of carbonyl (C=O) groups is 1. The molecular formula is C13H19BrClN3O. The van der Waals surface area contributed by atoms with Crippen LogP contribution in [0.25, 0.3) is 0 Å². The van der Waals surface area contributed by atoms with Crippen LogP contribution < -0.4 is 16.0 Å². The average molecular weight is 349 g/mol. The van der Waals surface area contributed by atoms with Gasteiger partial charge in [-0.15, -0.1) is 12.4 Å². The monoisotopic (exact) mass is 347 g/mol. The molecule has 0 saturated carbocycles. The molecule has 0 aliphatic carbocycles. The van der Waals surface area contributed by atoms with E-state index < -0.39 is 0 Å². The molecule has 1 aliphatic heterocycles. The summed E-state index contributed by atoms with van der Waals surface area (Å²) in [6, 6.07) is 8.50. The molecule has 0 aromatic heterocycles. The van der Waals surface area contributed by atoms with Crippen LogP contribution in [0.2, 0.25) is 0 Å². The van der Waals surface area contributed by atoms with E-state index in [0.717, 1.165) is 24.0 Å². The molecule has 3 N–H and O–H groups in total. The number of nitrogens with one attached hydrogen (secondary N) is 1. The Labute approximate surface area is 128 Å². The molecule has 1 amide bonds. The lowest BCUT2D eigenvalue weighted by Gasteiger charge is -2.19. The number of nitrogens with two attached hydrogens (primary N) is 1. The van der Waals surface area contributed by atoms with Crippen molar-refractivity contribution in [3.63, 3.8) is 0 Å². The quantitative estimate of drug-likeness (QED) is 0.874. The van der Waals surface area contributed by atoms with E-state index in [2.05, 4.69) is 38.3 Å². The lowest BCUT2D eigenvalue weighted by Crippen LogP contribution is -2.37. The third kappa shape index (κ3) is 4.67. The number of hydrogen-bond donors (Lipinski definition) is 2. The van der Waals surface area contributed by atoms with Gasteiger partial charge in [0.05, 0.1) is 0 Å². The smallest absolute Gasteiger partial charge is 0.221 e. The first-order chi connectivity index (χ1) is 8.69. The van der Waals surface area contributed by atoms with Crippen molar-refractivity contribution in [3.8, 4) is 0 Å². The fourth-order valence-electron chi connectivity index (χ4n) is 2.20. The second-order valence-corrected chi connectivity index (χ2v) is 5.43. The van der Waals surface area contributed by atoms with Gasteiger partial charge in [-0.3, -0.25) is 4.79 Å². The molecule has 1 fully saturated rings. The molecule has 0 spiro atoms. The van der Waals surface area contributed by atoms with Crippen molar-refractivity contribution in [1.29, 1.82) is 0 Å².